The fourth-order valence-corrected chi connectivity index (χ4v) is 6.26. The summed E-state index contributed by atoms with van der Waals surface area (Å²) in [7, 11) is -3.50. The summed E-state index contributed by atoms with van der Waals surface area (Å²) in [6.45, 7) is 5.83. The fraction of sp³-hybridized carbons (Fsp3) is 0.478. The lowest BCUT2D eigenvalue weighted by molar-refractivity contribution is 0.124. The molecule has 7 heteroatoms. The van der Waals surface area contributed by atoms with Gasteiger partial charge in [0.05, 0.1) is 4.90 Å². The van der Waals surface area contributed by atoms with Crippen molar-refractivity contribution in [2.45, 2.75) is 49.6 Å². The first kappa shape index (κ1) is 21.6. The quantitative estimate of drug-likeness (QED) is 0.750. The standard InChI is InChI=1S/C23H30ClN3O2S/c1-18-11-12-19(24)17-23(18)27-15-13-26(14-16-27)22-10-6-5-9-21(22)25-30(28,29)20-7-3-2-4-8-20/h2-4,7-8,11-12,17,21-22,25H,5-6,9-10,13-16H2,1H3/t21-,22+/m1/s1. The zero-order chi connectivity index (χ0) is 21.1. The van der Waals surface area contributed by atoms with Gasteiger partial charge in [-0.2, -0.15) is 0 Å². The first-order chi connectivity index (χ1) is 14.4. The maximum Gasteiger partial charge on any atom is 0.240 e. The maximum atomic E-state index is 12.9. The summed E-state index contributed by atoms with van der Waals surface area (Å²) in [6.07, 6.45) is 4.16. The van der Waals surface area contributed by atoms with Crippen molar-refractivity contribution < 1.29 is 8.42 Å². The average Bonchev–Trinajstić information content (AvgIpc) is 2.76. The number of hydrogen-bond acceptors (Lipinski definition) is 4. The third kappa shape index (κ3) is 4.83. The Bertz CT molecular complexity index is 960. The van der Waals surface area contributed by atoms with E-state index in [1.807, 2.05) is 18.2 Å². The van der Waals surface area contributed by atoms with Crippen LogP contribution in [0.1, 0.15) is 31.2 Å². The molecule has 1 aliphatic carbocycles. The summed E-state index contributed by atoms with van der Waals surface area (Å²) < 4.78 is 28.8. The van der Waals surface area contributed by atoms with Gasteiger partial charge in [-0.15, -0.1) is 0 Å². The number of aryl methyl sites for hydroxylation is 1. The summed E-state index contributed by atoms with van der Waals surface area (Å²) >= 11 is 6.22. The molecular formula is C23H30ClN3O2S. The highest BCUT2D eigenvalue weighted by molar-refractivity contribution is 7.89. The number of sulfonamides is 1. The van der Waals surface area contributed by atoms with Gasteiger partial charge in [0.2, 0.25) is 10.0 Å². The van der Waals surface area contributed by atoms with E-state index in [2.05, 4.69) is 27.5 Å². The summed E-state index contributed by atoms with van der Waals surface area (Å²) in [5, 5.41) is 0.765. The van der Waals surface area contributed by atoms with Gasteiger partial charge in [0, 0.05) is 49.0 Å². The zero-order valence-electron chi connectivity index (χ0n) is 17.4. The van der Waals surface area contributed by atoms with E-state index in [1.165, 1.54) is 11.3 Å². The van der Waals surface area contributed by atoms with E-state index in [-0.39, 0.29) is 12.1 Å². The summed E-state index contributed by atoms with van der Waals surface area (Å²) in [4.78, 5) is 5.22. The summed E-state index contributed by atoms with van der Waals surface area (Å²) in [5.74, 6) is 0. The molecule has 1 heterocycles. The lowest BCUT2D eigenvalue weighted by Gasteiger charge is -2.45. The molecule has 0 unspecified atom stereocenters. The van der Waals surface area contributed by atoms with Gasteiger partial charge < -0.3 is 4.90 Å². The molecule has 162 valence electrons. The van der Waals surface area contributed by atoms with Crippen LogP contribution in [0.15, 0.2) is 53.4 Å². The minimum absolute atomic E-state index is 0.0385. The van der Waals surface area contributed by atoms with Gasteiger partial charge in [-0.1, -0.05) is 48.7 Å². The number of hydrogen-bond donors (Lipinski definition) is 1. The number of halogens is 1. The van der Waals surface area contributed by atoms with E-state index in [1.54, 1.807) is 24.3 Å². The van der Waals surface area contributed by atoms with Crippen LogP contribution in [-0.4, -0.2) is 51.6 Å². The lowest BCUT2D eigenvalue weighted by Crippen LogP contribution is -2.58. The van der Waals surface area contributed by atoms with Crippen LogP contribution in [0, 0.1) is 6.92 Å². The normalized spacial score (nSPS) is 23.5. The Labute approximate surface area is 185 Å². The molecule has 1 aliphatic heterocycles. The van der Waals surface area contributed by atoms with Crippen molar-refractivity contribution in [2.24, 2.45) is 0 Å². The van der Waals surface area contributed by atoms with Crippen LogP contribution in [0.5, 0.6) is 0 Å². The Kier molecular flexibility index (Phi) is 6.68. The van der Waals surface area contributed by atoms with Crippen molar-refractivity contribution in [3.63, 3.8) is 0 Å². The first-order valence-electron chi connectivity index (χ1n) is 10.8. The fourth-order valence-electron chi connectivity index (χ4n) is 4.77. The van der Waals surface area contributed by atoms with Crippen LogP contribution in [0.2, 0.25) is 5.02 Å². The zero-order valence-corrected chi connectivity index (χ0v) is 19.0. The van der Waals surface area contributed by atoms with Crippen LogP contribution < -0.4 is 9.62 Å². The number of nitrogens with zero attached hydrogens (tertiary/aromatic N) is 2. The van der Waals surface area contributed by atoms with Crippen molar-refractivity contribution in [1.29, 1.82) is 0 Å². The first-order valence-corrected chi connectivity index (χ1v) is 12.6. The van der Waals surface area contributed by atoms with Gasteiger partial charge in [0.1, 0.15) is 0 Å². The van der Waals surface area contributed by atoms with Crippen molar-refractivity contribution in [3.8, 4) is 0 Å². The van der Waals surface area contributed by atoms with Crippen LogP contribution in [-0.2, 0) is 10.0 Å². The molecule has 1 saturated carbocycles. The predicted octanol–water partition coefficient (Wildman–Crippen LogP) is 4.06. The van der Waals surface area contributed by atoms with Crippen molar-refractivity contribution in [2.75, 3.05) is 31.1 Å². The van der Waals surface area contributed by atoms with E-state index < -0.39 is 10.0 Å². The van der Waals surface area contributed by atoms with E-state index in [4.69, 9.17) is 11.6 Å². The van der Waals surface area contributed by atoms with Gasteiger partial charge in [-0.05, 0) is 49.6 Å². The summed E-state index contributed by atoms with van der Waals surface area (Å²) in [6, 6.07) is 14.9. The molecule has 4 rings (SSSR count). The van der Waals surface area contributed by atoms with Crippen molar-refractivity contribution >= 4 is 27.3 Å². The highest BCUT2D eigenvalue weighted by Crippen LogP contribution is 2.29. The number of anilines is 1. The van der Waals surface area contributed by atoms with Crippen molar-refractivity contribution in [1.82, 2.24) is 9.62 Å². The molecule has 1 saturated heterocycles. The van der Waals surface area contributed by atoms with Gasteiger partial charge in [0.15, 0.2) is 0 Å². The summed E-state index contributed by atoms with van der Waals surface area (Å²) in [5.41, 5.74) is 2.44. The monoisotopic (exact) mass is 447 g/mol. The van der Waals surface area contributed by atoms with Crippen LogP contribution in [0.4, 0.5) is 5.69 Å². The second kappa shape index (κ2) is 9.27. The average molecular weight is 448 g/mol. The Hall–Kier alpha value is -1.60. The Morgan fingerprint density at radius 1 is 0.967 bits per heavy atom. The third-order valence-corrected chi connectivity index (χ3v) is 8.13. The molecule has 30 heavy (non-hydrogen) atoms. The maximum absolute atomic E-state index is 12.9. The topological polar surface area (TPSA) is 52.6 Å². The van der Waals surface area contributed by atoms with Crippen LogP contribution >= 0.6 is 11.6 Å². The molecule has 2 aromatic carbocycles. The molecule has 2 atom stereocenters. The SMILES string of the molecule is Cc1ccc(Cl)cc1N1CCN([C@H]2CCCC[C@H]2NS(=O)(=O)c2ccccc2)CC1. The lowest BCUT2D eigenvalue weighted by atomic mass is 9.89. The largest absolute Gasteiger partial charge is 0.369 e. The van der Waals surface area contributed by atoms with E-state index in [9.17, 15) is 8.42 Å². The molecule has 0 bridgehead atoms. The molecule has 2 fully saturated rings. The molecule has 0 amide bonds. The van der Waals surface area contributed by atoms with Gasteiger partial charge in [-0.25, -0.2) is 13.1 Å². The predicted molar refractivity (Wildman–Crippen MR) is 123 cm³/mol. The molecule has 2 aromatic rings. The molecule has 0 radical (unpaired) electrons. The van der Waals surface area contributed by atoms with Crippen LogP contribution in [0.25, 0.3) is 0 Å². The Morgan fingerprint density at radius 3 is 2.40 bits per heavy atom. The number of rotatable bonds is 5. The van der Waals surface area contributed by atoms with Gasteiger partial charge in [-0.3, -0.25) is 4.90 Å². The molecule has 0 spiro atoms. The Morgan fingerprint density at radius 2 is 1.67 bits per heavy atom. The van der Waals surface area contributed by atoms with Crippen LogP contribution in [0.3, 0.4) is 0 Å². The highest BCUT2D eigenvalue weighted by atomic mass is 35.5. The van der Waals surface area contributed by atoms with E-state index in [0.717, 1.165) is 56.9 Å². The van der Waals surface area contributed by atoms with Gasteiger partial charge >= 0.3 is 0 Å². The molecular weight excluding hydrogens is 418 g/mol. The third-order valence-electron chi connectivity index (χ3n) is 6.38. The van der Waals surface area contributed by atoms with E-state index in [0.29, 0.717) is 4.90 Å². The highest BCUT2D eigenvalue weighted by Gasteiger charge is 2.34. The number of benzene rings is 2. The minimum atomic E-state index is -3.50. The second-order valence-electron chi connectivity index (χ2n) is 8.35. The molecule has 2 aliphatic rings. The van der Waals surface area contributed by atoms with Crippen molar-refractivity contribution in [3.05, 3.63) is 59.1 Å². The smallest absolute Gasteiger partial charge is 0.240 e. The minimum Gasteiger partial charge on any atom is -0.369 e. The number of nitrogens with one attached hydrogen (secondary N) is 1. The Balaban J connectivity index is 1.43. The molecule has 5 nitrogen and oxygen atoms in total. The molecule has 1 N–H and O–H groups in total. The molecule has 0 aromatic heterocycles. The number of piperazine rings is 1. The van der Waals surface area contributed by atoms with Gasteiger partial charge in [0.25, 0.3) is 0 Å². The second-order valence-corrected chi connectivity index (χ2v) is 10.5. The van der Waals surface area contributed by atoms with E-state index >= 15 is 0 Å².